The van der Waals surface area contributed by atoms with Gasteiger partial charge in [-0.1, -0.05) is 24.3 Å². The Hall–Kier alpha value is -2.26. The lowest BCUT2D eigenvalue weighted by Gasteiger charge is -2.18. The van der Waals surface area contributed by atoms with Gasteiger partial charge in [-0.2, -0.15) is 0 Å². The summed E-state index contributed by atoms with van der Waals surface area (Å²) in [5, 5.41) is 1.01. The van der Waals surface area contributed by atoms with E-state index in [1.807, 2.05) is 44.2 Å². The molecule has 0 saturated carbocycles. The second-order valence-corrected chi connectivity index (χ2v) is 5.35. The highest BCUT2D eigenvalue weighted by Crippen LogP contribution is 2.29. The van der Waals surface area contributed by atoms with E-state index < -0.39 is 0 Å². The van der Waals surface area contributed by atoms with Crippen LogP contribution < -0.4 is 5.73 Å². The van der Waals surface area contributed by atoms with Gasteiger partial charge < -0.3 is 5.73 Å². The quantitative estimate of drug-likeness (QED) is 0.769. The number of nitrogens with two attached hydrogens (primary N) is 1. The molecule has 0 aliphatic rings. The van der Waals surface area contributed by atoms with Gasteiger partial charge in [-0.15, -0.1) is 0 Å². The number of para-hydroxylation sites is 1. The summed E-state index contributed by atoms with van der Waals surface area (Å²) in [4.78, 5) is 4.52. The molecule has 0 aliphatic heterocycles. The molecule has 1 aromatic heterocycles. The van der Waals surface area contributed by atoms with Crippen molar-refractivity contribution < 1.29 is 4.39 Å². The summed E-state index contributed by atoms with van der Waals surface area (Å²) < 4.78 is 13.5. The van der Waals surface area contributed by atoms with E-state index in [2.05, 4.69) is 4.98 Å². The predicted molar refractivity (Wildman–Crippen MR) is 83.6 cm³/mol. The van der Waals surface area contributed by atoms with Crippen molar-refractivity contribution in [1.29, 1.82) is 0 Å². The maximum atomic E-state index is 13.5. The van der Waals surface area contributed by atoms with Gasteiger partial charge in [-0.3, -0.25) is 4.98 Å². The lowest BCUT2D eigenvalue weighted by Crippen LogP contribution is -2.14. The van der Waals surface area contributed by atoms with Crippen molar-refractivity contribution in [3.05, 3.63) is 76.7 Å². The molecule has 106 valence electrons. The first-order valence-corrected chi connectivity index (χ1v) is 6.94. The van der Waals surface area contributed by atoms with Gasteiger partial charge in [-0.25, -0.2) is 4.39 Å². The summed E-state index contributed by atoms with van der Waals surface area (Å²) in [6, 6.07) is 14.3. The molecule has 0 radical (unpaired) electrons. The smallest absolute Gasteiger partial charge is 0.123 e. The van der Waals surface area contributed by atoms with Crippen LogP contribution in [0.3, 0.4) is 0 Å². The molecule has 1 heterocycles. The number of nitrogens with zero attached hydrogens (tertiary/aromatic N) is 1. The van der Waals surface area contributed by atoms with Crippen molar-refractivity contribution in [3.63, 3.8) is 0 Å². The summed E-state index contributed by atoms with van der Waals surface area (Å²) in [7, 11) is 0. The molecule has 0 spiro atoms. The van der Waals surface area contributed by atoms with Crippen molar-refractivity contribution in [2.75, 3.05) is 0 Å². The van der Waals surface area contributed by atoms with Crippen molar-refractivity contribution in [2.24, 2.45) is 5.73 Å². The van der Waals surface area contributed by atoms with Crippen LogP contribution in [0.4, 0.5) is 4.39 Å². The zero-order valence-corrected chi connectivity index (χ0v) is 12.1. The van der Waals surface area contributed by atoms with E-state index in [1.165, 1.54) is 12.1 Å². The molecular formula is C18H17FN2. The highest BCUT2D eigenvalue weighted by Gasteiger charge is 2.16. The normalized spacial score (nSPS) is 12.6. The number of aromatic nitrogens is 1. The van der Waals surface area contributed by atoms with E-state index >= 15 is 0 Å². The maximum absolute atomic E-state index is 13.5. The molecule has 1 atom stereocenters. The highest BCUT2D eigenvalue weighted by atomic mass is 19.1. The lowest BCUT2D eigenvalue weighted by atomic mass is 9.93. The third-order valence-electron chi connectivity index (χ3n) is 3.79. The fraction of sp³-hybridized carbons (Fsp3) is 0.167. The van der Waals surface area contributed by atoms with E-state index in [4.69, 9.17) is 5.73 Å². The maximum Gasteiger partial charge on any atom is 0.123 e. The number of halogens is 1. The average molecular weight is 280 g/mol. The SMILES string of the molecule is Cc1cc(C(N)c2cc(F)ccc2C)c2ccccc2n1. The Balaban J connectivity index is 2.22. The summed E-state index contributed by atoms with van der Waals surface area (Å²) in [6.45, 7) is 3.89. The Morgan fingerprint density at radius 3 is 2.57 bits per heavy atom. The first kappa shape index (κ1) is 13.7. The molecule has 1 unspecified atom stereocenters. The van der Waals surface area contributed by atoms with E-state index in [-0.39, 0.29) is 11.9 Å². The molecular weight excluding hydrogens is 263 g/mol. The van der Waals surface area contributed by atoms with Crippen molar-refractivity contribution in [2.45, 2.75) is 19.9 Å². The third kappa shape index (κ3) is 2.52. The van der Waals surface area contributed by atoms with Crippen LogP contribution in [0.25, 0.3) is 10.9 Å². The molecule has 0 fully saturated rings. The van der Waals surface area contributed by atoms with Crippen molar-refractivity contribution in [1.82, 2.24) is 4.98 Å². The monoisotopic (exact) mass is 280 g/mol. The lowest BCUT2D eigenvalue weighted by molar-refractivity contribution is 0.623. The minimum Gasteiger partial charge on any atom is -0.320 e. The van der Waals surface area contributed by atoms with Crippen LogP contribution in [0.1, 0.15) is 28.4 Å². The van der Waals surface area contributed by atoms with Crippen LogP contribution in [-0.2, 0) is 0 Å². The Morgan fingerprint density at radius 1 is 1.00 bits per heavy atom. The van der Waals surface area contributed by atoms with Gasteiger partial charge in [0.2, 0.25) is 0 Å². The molecule has 0 bridgehead atoms. The fourth-order valence-corrected chi connectivity index (χ4v) is 2.71. The van der Waals surface area contributed by atoms with Crippen LogP contribution in [0, 0.1) is 19.7 Å². The Kier molecular flexibility index (Phi) is 3.43. The Labute approximate surface area is 123 Å². The highest BCUT2D eigenvalue weighted by molar-refractivity contribution is 5.83. The first-order chi connectivity index (χ1) is 10.1. The molecule has 2 N–H and O–H groups in total. The molecule has 2 nitrogen and oxygen atoms in total. The van der Waals surface area contributed by atoms with Crippen LogP contribution in [0.15, 0.2) is 48.5 Å². The molecule has 3 aromatic rings. The second-order valence-electron chi connectivity index (χ2n) is 5.35. The number of rotatable bonds is 2. The number of aryl methyl sites for hydroxylation is 2. The van der Waals surface area contributed by atoms with Gasteiger partial charge in [0.25, 0.3) is 0 Å². The third-order valence-corrected chi connectivity index (χ3v) is 3.79. The summed E-state index contributed by atoms with van der Waals surface area (Å²) in [5.41, 5.74) is 11.0. The summed E-state index contributed by atoms with van der Waals surface area (Å²) in [5.74, 6) is -0.263. The van der Waals surface area contributed by atoms with Crippen LogP contribution in [0.2, 0.25) is 0 Å². The van der Waals surface area contributed by atoms with Gasteiger partial charge in [-0.05, 0) is 54.8 Å². The second kappa shape index (κ2) is 5.26. The molecule has 0 saturated heterocycles. The summed E-state index contributed by atoms with van der Waals surface area (Å²) in [6.07, 6.45) is 0. The number of hydrogen-bond donors (Lipinski definition) is 1. The van der Waals surface area contributed by atoms with E-state index in [9.17, 15) is 4.39 Å². The number of hydrogen-bond acceptors (Lipinski definition) is 2. The standard InChI is InChI=1S/C18H17FN2/c1-11-7-8-13(19)10-15(11)18(20)16-9-12(2)21-17-6-4-3-5-14(16)17/h3-10,18H,20H2,1-2H3. The van der Waals surface area contributed by atoms with Crippen LogP contribution in [-0.4, -0.2) is 4.98 Å². The van der Waals surface area contributed by atoms with Gasteiger partial charge >= 0.3 is 0 Å². The van der Waals surface area contributed by atoms with Crippen LogP contribution in [0.5, 0.6) is 0 Å². The molecule has 0 aliphatic carbocycles. The number of benzene rings is 2. The molecule has 3 rings (SSSR count). The minimum absolute atomic E-state index is 0.263. The molecule has 3 heteroatoms. The topological polar surface area (TPSA) is 38.9 Å². The average Bonchev–Trinajstić information content (AvgIpc) is 2.48. The summed E-state index contributed by atoms with van der Waals surface area (Å²) >= 11 is 0. The number of fused-ring (bicyclic) bond motifs is 1. The predicted octanol–water partition coefficient (Wildman–Crippen LogP) is 4.04. The molecule has 2 aromatic carbocycles. The fourth-order valence-electron chi connectivity index (χ4n) is 2.71. The largest absolute Gasteiger partial charge is 0.320 e. The van der Waals surface area contributed by atoms with Gasteiger partial charge in [0.1, 0.15) is 5.82 Å². The molecule has 21 heavy (non-hydrogen) atoms. The number of pyridine rings is 1. The zero-order valence-electron chi connectivity index (χ0n) is 12.1. The van der Waals surface area contributed by atoms with E-state index in [0.717, 1.165) is 33.3 Å². The van der Waals surface area contributed by atoms with Gasteiger partial charge in [0.15, 0.2) is 0 Å². The Morgan fingerprint density at radius 2 is 1.76 bits per heavy atom. The molecule has 0 amide bonds. The minimum atomic E-state index is -0.368. The van der Waals surface area contributed by atoms with Gasteiger partial charge in [0, 0.05) is 11.1 Å². The first-order valence-electron chi connectivity index (χ1n) is 6.94. The zero-order chi connectivity index (χ0) is 15.0. The van der Waals surface area contributed by atoms with Crippen molar-refractivity contribution >= 4 is 10.9 Å². The van der Waals surface area contributed by atoms with Gasteiger partial charge in [0.05, 0.1) is 11.6 Å². The van der Waals surface area contributed by atoms with E-state index in [0.29, 0.717) is 0 Å². The van der Waals surface area contributed by atoms with Crippen LogP contribution >= 0.6 is 0 Å². The Bertz CT molecular complexity index is 811. The van der Waals surface area contributed by atoms with Crippen molar-refractivity contribution in [3.8, 4) is 0 Å². The van der Waals surface area contributed by atoms with E-state index in [1.54, 1.807) is 6.07 Å².